The van der Waals surface area contributed by atoms with E-state index < -0.39 is 16.0 Å². The number of sulfonamides is 1. The van der Waals surface area contributed by atoms with Gasteiger partial charge in [0.05, 0.1) is 3.79 Å². The molecule has 6 nitrogen and oxygen atoms in total. The zero-order valence-electron chi connectivity index (χ0n) is 11.0. The molecule has 0 bridgehead atoms. The van der Waals surface area contributed by atoms with Crippen LogP contribution >= 0.6 is 27.3 Å². The summed E-state index contributed by atoms with van der Waals surface area (Å²) in [5, 5.41) is 8.94. The van der Waals surface area contributed by atoms with E-state index in [4.69, 9.17) is 5.11 Å². The molecule has 1 saturated heterocycles. The summed E-state index contributed by atoms with van der Waals surface area (Å²) in [5.41, 5.74) is 0. The van der Waals surface area contributed by atoms with Crippen molar-refractivity contribution in [3.8, 4) is 0 Å². The Hall–Kier alpha value is -0.480. The molecule has 20 heavy (non-hydrogen) atoms. The molecule has 1 fully saturated rings. The van der Waals surface area contributed by atoms with Crippen molar-refractivity contribution >= 4 is 43.3 Å². The van der Waals surface area contributed by atoms with Crippen LogP contribution in [0.4, 0.5) is 0 Å². The molecular weight excluding hydrogens is 368 g/mol. The lowest BCUT2D eigenvalue weighted by Gasteiger charge is -2.20. The first-order valence-corrected chi connectivity index (χ1v) is 8.97. The monoisotopic (exact) mass is 382 g/mol. The fourth-order valence-corrected chi connectivity index (χ4v) is 5.97. The van der Waals surface area contributed by atoms with Crippen LogP contribution in [-0.4, -0.2) is 61.9 Å². The van der Waals surface area contributed by atoms with Crippen molar-refractivity contribution in [1.29, 1.82) is 0 Å². The summed E-state index contributed by atoms with van der Waals surface area (Å²) in [5.74, 6) is -1.12. The molecule has 0 radical (unpaired) electrons. The summed E-state index contributed by atoms with van der Waals surface area (Å²) >= 11 is 4.07. The number of carboxylic acid groups (broad SMARTS) is 1. The van der Waals surface area contributed by atoms with Gasteiger partial charge < -0.3 is 10.0 Å². The summed E-state index contributed by atoms with van der Waals surface area (Å²) in [4.78, 5) is 13.0. The van der Waals surface area contributed by atoms with Crippen molar-refractivity contribution in [2.45, 2.75) is 17.4 Å². The Bertz CT molecular complexity index is 626. The molecule has 1 atom stereocenters. The van der Waals surface area contributed by atoms with Crippen LogP contribution in [0.5, 0.6) is 0 Å². The zero-order chi connectivity index (χ0) is 15.1. The Morgan fingerprint density at radius 1 is 1.55 bits per heavy atom. The highest BCUT2D eigenvalue weighted by molar-refractivity contribution is 9.11. The van der Waals surface area contributed by atoms with Crippen molar-refractivity contribution in [3.05, 3.63) is 14.7 Å². The number of aromatic carboxylic acids is 1. The molecule has 0 amide bonds. The molecule has 0 aliphatic carbocycles. The molecular formula is C11H15BrN2O4S2. The molecule has 1 N–H and O–H groups in total. The Kier molecular flexibility index (Phi) is 4.55. The summed E-state index contributed by atoms with van der Waals surface area (Å²) in [6.07, 6.45) is 0.778. The predicted octanol–water partition coefficient (Wildman–Crippen LogP) is 1.53. The maximum absolute atomic E-state index is 12.6. The van der Waals surface area contributed by atoms with Crippen LogP contribution in [0, 0.1) is 0 Å². The van der Waals surface area contributed by atoms with E-state index in [-0.39, 0.29) is 15.8 Å². The molecule has 9 heteroatoms. The van der Waals surface area contributed by atoms with E-state index in [1.165, 1.54) is 10.4 Å². The molecule has 1 aromatic rings. The molecule has 2 rings (SSSR count). The van der Waals surface area contributed by atoms with Gasteiger partial charge in [0.1, 0.15) is 9.77 Å². The molecule has 0 spiro atoms. The number of nitrogens with zero attached hydrogens (tertiary/aromatic N) is 2. The van der Waals surface area contributed by atoms with Crippen LogP contribution in [-0.2, 0) is 10.0 Å². The first-order valence-electron chi connectivity index (χ1n) is 5.92. The van der Waals surface area contributed by atoms with Crippen LogP contribution in [0.1, 0.15) is 16.1 Å². The van der Waals surface area contributed by atoms with E-state index in [0.717, 1.165) is 17.8 Å². The number of thiophene rings is 1. The van der Waals surface area contributed by atoms with Crippen molar-refractivity contribution in [2.75, 3.05) is 27.2 Å². The van der Waals surface area contributed by atoms with Crippen molar-refractivity contribution in [3.63, 3.8) is 0 Å². The topological polar surface area (TPSA) is 77.9 Å². The first kappa shape index (κ1) is 15.9. The Morgan fingerprint density at radius 3 is 2.65 bits per heavy atom. The van der Waals surface area contributed by atoms with Gasteiger partial charge in [-0.15, -0.1) is 11.3 Å². The number of halogens is 1. The van der Waals surface area contributed by atoms with E-state index in [9.17, 15) is 13.2 Å². The van der Waals surface area contributed by atoms with Gasteiger partial charge in [0.15, 0.2) is 0 Å². The minimum atomic E-state index is -3.64. The van der Waals surface area contributed by atoms with Crippen molar-refractivity contribution in [2.24, 2.45) is 0 Å². The summed E-state index contributed by atoms with van der Waals surface area (Å²) < 4.78 is 26.9. The SMILES string of the molecule is CN(C)C1CCN(S(=O)(=O)c2cc(C(=O)O)sc2Br)C1. The van der Waals surface area contributed by atoms with E-state index >= 15 is 0 Å². The minimum Gasteiger partial charge on any atom is -0.477 e. The molecule has 1 unspecified atom stereocenters. The van der Waals surface area contributed by atoms with E-state index in [1.54, 1.807) is 0 Å². The molecule has 112 valence electrons. The predicted molar refractivity (Wildman–Crippen MR) is 79.8 cm³/mol. The first-order chi connectivity index (χ1) is 9.23. The van der Waals surface area contributed by atoms with Crippen molar-refractivity contribution < 1.29 is 18.3 Å². The minimum absolute atomic E-state index is 0.0128. The summed E-state index contributed by atoms with van der Waals surface area (Å²) in [7, 11) is 0.199. The van der Waals surface area contributed by atoms with Crippen LogP contribution in [0.3, 0.4) is 0 Å². The second kappa shape index (κ2) is 5.72. The fourth-order valence-electron chi connectivity index (χ4n) is 2.12. The van der Waals surface area contributed by atoms with Gasteiger partial charge in [-0.05, 0) is 42.5 Å². The van der Waals surface area contributed by atoms with Crippen LogP contribution in [0.25, 0.3) is 0 Å². The number of carboxylic acids is 1. The molecule has 1 aliphatic rings. The number of likely N-dealkylation sites (N-methyl/N-ethyl adjacent to an activating group) is 1. The molecule has 0 aromatic carbocycles. The maximum Gasteiger partial charge on any atom is 0.345 e. The van der Waals surface area contributed by atoms with Gasteiger partial charge in [-0.25, -0.2) is 13.2 Å². The highest BCUT2D eigenvalue weighted by Gasteiger charge is 2.35. The van der Waals surface area contributed by atoms with Crippen LogP contribution < -0.4 is 0 Å². The standard InChI is InChI=1S/C11H15BrN2O4S2/c1-13(2)7-3-4-14(6-7)20(17,18)9-5-8(11(15)16)19-10(9)12/h5,7H,3-4,6H2,1-2H3,(H,15,16). The lowest BCUT2D eigenvalue weighted by atomic mass is 10.2. The Labute approximate surface area is 130 Å². The lowest BCUT2D eigenvalue weighted by molar-refractivity contribution is 0.0702. The molecule has 1 aliphatic heterocycles. The normalized spacial score (nSPS) is 20.7. The van der Waals surface area contributed by atoms with Crippen LogP contribution in [0.2, 0.25) is 0 Å². The molecule has 1 aromatic heterocycles. The lowest BCUT2D eigenvalue weighted by Crippen LogP contribution is -2.34. The second-order valence-corrected chi connectivity index (χ2v) is 9.10. The van der Waals surface area contributed by atoms with E-state index in [2.05, 4.69) is 15.9 Å². The average molecular weight is 383 g/mol. The van der Waals surface area contributed by atoms with Gasteiger partial charge in [-0.1, -0.05) is 0 Å². The maximum atomic E-state index is 12.6. The number of hydrogen-bond acceptors (Lipinski definition) is 5. The summed E-state index contributed by atoms with van der Waals surface area (Å²) in [6.45, 7) is 0.885. The largest absolute Gasteiger partial charge is 0.477 e. The van der Waals surface area contributed by atoms with Crippen LogP contribution in [0.15, 0.2) is 14.7 Å². The number of hydrogen-bond donors (Lipinski definition) is 1. The Balaban J connectivity index is 2.30. The fraction of sp³-hybridized carbons (Fsp3) is 0.545. The quantitative estimate of drug-likeness (QED) is 0.854. The third-order valence-electron chi connectivity index (χ3n) is 3.34. The van der Waals surface area contributed by atoms with Gasteiger partial charge in [0, 0.05) is 19.1 Å². The summed E-state index contributed by atoms with van der Waals surface area (Å²) in [6, 6.07) is 1.41. The third-order valence-corrected chi connectivity index (χ3v) is 7.45. The van der Waals surface area contributed by atoms with Crippen molar-refractivity contribution in [1.82, 2.24) is 9.21 Å². The highest BCUT2D eigenvalue weighted by atomic mass is 79.9. The van der Waals surface area contributed by atoms with Gasteiger partial charge in [0.25, 0.3) is 0 Å². The van der Waals surface area contributed by atoms with Gasteiger partial charge in [-0.2, -0.15) is 4.31 Å². The zero-order valence-corrected chi connectivity index (χ0v) is 14.3. The molecule has 2 heterocycles. The number of rotatable bonds is 4. The third kappa shape index (κ3) is 2.91. The van der Waals surface area contributed by atoms with Gasteiger partial charge in [-0.3, -0.25) is 0 Å². The number of carbonyl (C=O) groups is 1. The van der Waals surface area contributed by atoms with E-state index in [0.29, 0.717) is 16.9 Å². The highest BCUT2D eigenvalue weighted by Crippen LogP contribution is 2.34. The molecule has 0 saturated carbocycles. The smallest absolute Gasteiger partial charge is 0.345 e. The van der Waals surface area contributed by atoms with Gasteiger partial charge in [0.2, 0.25) is 10.0 Å². The van der Waals surface area contributed by atoms with E-state index in [1.807, 2.05) is 19.0 Å². The van der Waals surface area contributed by atoms with Gasteiger partial charge >= 0.3 is 5.97 Å². The average Bonchev–Trinajstić information content (AvgIpc) is 2.94. The Morgan fingerprint density at radius 2 is 2.20 bits per heavy atom. The second-order valence-electron chi connectivity index (χ2n) is 4.82.